The minimum atomic E-state index is -1.80. The van der Waals surface area contributed by atoms with Gasteiger partial charge < -0.3 is 9.47 Å². The zero-order chi connectivity index (χ0) is 49.8. The van der Waals surface area contributed by atoms with Crippen LogP contribution in [-0.4, -0.2) is 40.8 Å². The van der Waals surface area contributed by atoms with Gasteiger partial charge in [-0.25, -0.2) is 0 Å². The minimum absolute atomic E-state index is 0.146. The summed E-state index contributed by atoms with van der Waals surface area (Å²) in [5, 5.41) is 94.3. The molecule has 0 aromatic heterocycles. The Morgan fingerprint density at radius 1 is 0.325 bits per heavy atom. The molecule has 0 atom stereocenters. The molecular formula is C74H22NO5. The molecule has 34 rings (SSSR count). The van der Waals surface area contributed by atoms with E-state index in [4.69, 9.17) is 9.47 Å². The van der Waals surface area contributed by atoms with Crippen LogP contribution in [0.2, 0.25) is 0 Å². The highest BCUT2D eigenvalue weighted by Crippen LogP contribution is 2.96. The van der Waals surface area contributed by atoms with Gasteiger partial charge in [0.2, 0.25) is 0 Å². The molecule has 1 saturated carbocycles. The van der Waals surface area contributed by atoms with E-state index >= 15 is 9.59 Å². The highest BCUT2D eigenvalue weighted by atomic mass is 16.6. The normalized spacial score (nSPS) is 23.3. The second-order valence-electron chi connectivity index (χ2n) is 30.1. The van der Waals surface area contributed by atoms with E-state index in [1.807, 2.05) is 34.6 Å². The fraction of sp³-hybridized carbons (Fsp3) is 0.189. The standard InChI is InChI=1S/C74H22NO5/c1-6-79-68(76)74(69(77)80-9-7-70(2,3)75(78)71(4,5)8-9)72-64-56-48-38-28-20-12-10-11-14-18-16(12)24-32-26(18)36-30-22(14)23-15(11)19-17-13(10)21(20)29-35-25(17)33-27(19)37-31(23)41-40(30)50-44(36)54-46(32)52(42(48)34(24)28)60(64)62(54)66-58(50)59-51(41)45(37)55-47(33)53-43(35)49(39(29)38)57(56)65(72)61(53)63(55)67(59)73(66,72)74/h9H,6-8H2,1-5H3. The number of hydroxylamine groups is 2. The fourth-order valence-corrected chi connectivity index (χ4v) is 28.0. The van der Waals surface area contributed by atoms with Gasteiger partial charge in [0.05, 0.1) is 17.4 Å². The fourth-order valence-electron chi connectivity index (χ4n) is 28.0. The average Bonchev–Trinajstić information content (AvgIpc) is 1.36. The molecule has 0 amide bonds. The van der Waals surface area contributed by atoms with E-state index in [1.54, 1.807) is 53.9 Å². The number of hydrogen-bond acceptors (Lipinski definition) is 5. The van der Waals surface area contributed by atoms with Gasteiger partial charge in [-0.15, -0.1) is 10.3 Å². The zero-order valence-corrected chi connectivity index (χ0v) is 42.7. The monoisotopic (exact) mass is 1000 g/mol. The number of hydrogen-bond donors (Lipinski definition) is 0. The number of esters is 2. The summed E-state index contributed by atoms with van der Waals surface area (Å²) in [6.07, 6.45) is 0.169. The predicted molar refractivity (Wildman–Crippen MR) is 323 cm³/mol. The number of piperidine rings is 1. The molecule has 0 bridgehead atoms. The minimum Gasteiger partial charge on any atom is -0.465 e. The van der Waals surface area contributed by atoms with E-state index in [9.17, 15) is 5.21 Å². The summed E-state index contributed by atoms with van der Waals surface area (Å²) in [7, 11) is 0. The van der Waals surface area contributed by atoms with Crippen molar-refractivity contribution in [1.29, 1.82) is 0 Å². The van der Waals surface area contributed by atoms with Crippen LogP contribution in [0.15, 0.2) is 0 Å². The molecule has 6 nitrogen and oxygen atoms in total. The third-order valence-electron chi connectivity index (χ3n) is 28.1. The lowest BCUT2D eigenvalue weighted by atomic mass is 9.68. The lowest BCUT2D eigenvalue weighted by Gasteiger charge is -2.49. The van der Waals surface area contributed by atoms with Crippen molar-refractivity contribution in [3.63, 3.8) is 0 Å². The number of carbonyl (C=O) groups excluding carboxylic acids is 2. The van der Waals surface area contributed by atoms with E-state index in [-0.39, 0.29) is 6.61 Å². The van der Waals surface area contributed by atoms with Crippen LogP contribution in [0.4, 0.5) is 0 Å². The first-order valence-electron chi connectivity index (χ1n) is 29.7. The van der Waals surface area contributed by atoms with Crippen LogP contribution in [-0.2, 0) is 35.1 Å². The summed E-state index contributed by atoms with van der Waals surface area (Å²) in [6, 6.07) is 0. The molecule has 2 fully saturated rings. The molecule has 6 heteroatoms. The molecule has 28 aromatic rings. The van der Waals surface area contributed by atoms with Crippen LogP contribution in [0, 0.1) is 5.41 Å². The largest absolute Gasteiger partial charge is 0.465 e. The van der Waals surface area contributed by atoms with Gasteiger partial charge in [-0.1, -0.05) is 0 Å². The lowest BCUT2D eigenvalue weighted by Crippen LogP contribution is -2.60. The second kappa shape index (κ2) is 7.50. The summed E-state index contributed by atoms with van der Waals surface area (Å²) in [5.41, 5.74) is -0.734. The Morgan fingerprint density at radius 2 is 0.500 bits per heavy atom. The summed E-state index contributed by atoms with van der Waals surface area (Å²) in [4.78, 5) is 34.9. The van der Waals surface area contributed by atoms with E-state index < -0.39 is 45.4 Å². The van der Waals surface area contributed by atoms with Gasteiger partial charge in [0, 0.05) is 23.9 Å². The molecule has 1 saturated heterocycles. The SMILES string of the molecule is CCOC(=O)C1(C(=O)OC2CC(C)(C)N([O])C(C)(C)C2)C23c4c5c6c7c8c9c(c%10c%11c2c2c4c4c%12c5c5c6c6c8c8c%13c9c9c%10c%10c%11c%11c2c2c4c4c%12c%12c5c5c6c8c6c8c%13c9c9c%10c%10c%11c2c2c4c4c%12c5c6c5c8c9c%10c2c45)C713. The number of nitrogens with zero attached hydrogens (tertiary/aromatic N) is 1. The number of rotatable bonds is 4. The van der Waals surface area contributed by atoms with Crippen molar-refractivity contribution < 1.29 is 24.3 Å². The van der Waals surface area contributed by atoms with Gasteiger partial charge >= 0.3 is 11.9 Å². The van der Waals surface area contributed by atoms with Gasteiger partial charge in [-0.05, 0) is 348 Å². The first-order valence-corrected chi connectivity index (χ1v) is 29.7. The van der Waals surface area contributed by atoms with Crippen LogP contribution in [0.3, 0.4) is 0 Å². The molecule has 0 N–H and O–H groups in total. The number of benzene rings is 18. The molecule has 80 heavy (non-hydrogen) atoms. The quantitative estimate of drug-likeness (QED) is 0.0997. The summed E-state index contributed by atoms with van der Waals surface area (Å²) in [5.74, 6) is -0.873. The zero-order valence-electron chi connectivity index (χ0n) is 42.7. The van der Waals surface area contributed by atoms with E-state index in [0.29, 0.717) is 12.8 Å². The molecular weight excluding hydrogens is 983 g/mol. The van der Waals surface area contributed by atoms with E-state index in [1.165, 1.54) is 264 Å². The van der Waals surface area contributed by atoms with Crippen molar-refractivity contribution in [2.45, 2.75) is 75.5 Å². The van der Waals surface area contributed by atoms with Gasteiger partial charge in [0.25, 0.3) is 0 Å². The van der Waals surface area contributed by atoms with Crippen LogP contribution in [0.25, 0.3) is 291 Å². The van der Waals surface area contributed by atoms with E-state index in [2.05, 4.69) is 0 Å². The summed E-state index contributed by atoms with van der Waals surface area (Å²) in [6.45, 7) is 10.0. The van der Waals surface area contributed by atoms with Crippen molar-refractivity contribution in [2.75, 3.05) is 6.61 Å². The first-order chi connectivity index (χ1) is 39.1. The molecule has 1 heterocycles. The average molecular weight is 1000 g/mol. The molecule has 1 aliphatic heterocycles. The molecule has 0 unspecified atom stereocenters. The number of carbonyl (C=O) groups is 2. The third kappa shape index (κ3) is 1.82. The Bertz CT molecular complexity index is 7110. The van der Waals surface area contributed by atoms with Crippen molar-refractivity contribution in [3.05, 3.63) is 22.3 Å². The highest BCUT2D eigenvalue weighted by Gasteiger charge is 3.01. The number of ether oxygens (including phenoxy) is 2. The molecule has 353 valence electrons. The first kappa shape index (κ1) is 33.0. The van der Waals surface area contributed by atoms with Crippen LogP contribution < -0.4 is 0 Å². The summed E-state index contributed by atoms with van der Waals surface area (Å²) < 4.78 is 14.3. The van der Waals surface area contributed by atoms with Crippen molar-refractivity contribution >= 4 is 303 Å². The smallest absolute Gasteiger partial charge is 0.326 e. The second-order valence-corrected chi connectivity index (χ2v) is 30.1. The summed E-state index contributed by atoms with van der Waals surface area (Å²) >= 11 is 0. The molecule has 5 aliphatic carbocycles. The van der Waals surface area contributed by atoms with Crippen LogP contribution in [0.1, 0.15) is 69.7 Å². The predicted octanol–water partition coefficient (Wildman–Crippen LogP) is 17.8. The Balaban J connectivity index is 1.01. The lowest BCUT2D eigenvalue weighted by molar-refractivity contribution is -0.299. The van der Waals surface area contributed by atoms with Gasteiger partial charge in [-0.3, -0.25) is 9.59 Å². The maximum Gasteiger partial charge on any atom is 0.326 e. The molecule has 2 spiro atoms. The van der Waals surface area contributed by atoms with E-state index in [0.717, 1.165) is 0 Å². The Labute approximate surface area is 439 Å². The Kier molecular flexibility index (Phi) is 3.10. The molecule has 28 aromatic carbocycles. The van der Waals surface area contributed by atoms with Crippen molar-refractivity contribution in [3.8, 4) is 0 Å². The Hall–Kier alpha value is -8.68. The van der Waals surface area contributed by atoms with Crippen molar-refractivity contribution in [2.24, 2.45) is 5.41 Å². The maximum absolute atomic E-state index is 17.7. The van der Waals surface area contributed by atoms with Crippen LogP contribution in [0.5, 0.6) is 0 Å². The third-order valence-corrected chi connectivity index (χ3v) is 28.1. The van der Waals surface area contributed by atoms with Crippen molar-refractivity contribution in [1.82, 2.24) is 5.06 Å². The topological polar surface area (TPSA) is 75.7 Å². The van der Waals surface area contributed by atoms with Crippen LogP contribution >= 0.6 is 0 Å². The maximum atomic E-state index is 17.7. The van der Waals surface area contributed by atoms with Gasteiger partial charge in [0.15, 0.2) is 5.41 Å². The van der Waals surface area contributed by atoms with Gasteiger partial charge in [-0.2, -0.15) is 0 Å². The molecule has 1 radical (unpaired) electrons. The highest BCUT2D eigenvalue weighted by molar-refractivity contribution is 6.82. The van der Waals surface area contributed by atoms with Gasteiger partial charge in [0.1, 0.15) is 6.10 Å². The Morgan fingerprint density at radius 3 is 0.675 bits per heavy atom. The molecule has 6 aliphatic rings.